The minimum atomic E-state index is -5.12. The van der Waals surface area contributed by atoms with Crippen LogP contribution in [0.15, 0.2) is 0 Å². The first-order valence-corrected chi connectivity index (χ1v) is 4.93. The fourth-order valence-corrected chi connectivity index (χ4v) is 1.26. The highest BCUT2D eigenvalue weighted by Gasteiger charge is 2.44. The summed E-state index contributed by atoms with van der Waals surface area (Å²) in [7, 11) is -5.12. The van der Waals surface area contributed by atoms with Crippen LogP contribution >= 0.6 is 7.82 Å². The fourth-order valence-electron chi connectivity index (χ4n) is 0.689. The standard InChI is InChI=1S/C5H11O8P/c1-3(7)4(8)5(9,2-6)13-14(10,11)12/h4,6,8-9H,2H2,1H3,(H2,10,11,12)/t4-,5+/m0/s1. The third kappa shape index (κ3) is 3.81. The number of carbonyl (C=O) groups excluding carboxylic acids is 1. The van der Waals surface area contributed by atoms with Crippen molar-refractivity contribution in [2.75, 3.05) is 6.61 Å². The molecular formula is C5H11O8P. The Morgan fingerprint density at radius 3 is 2.21 bits per heavy atom. The lowest BCUT2D eigenvalue weighted by Crippen LogP contribution is -2.50. The predicted octanol–water partition coefficient (Wildman–Crippen LogP) is -2.27. The van der Waals surface area contributed by atoms with Gasteiger partial charge in [0.15, 0.2) is 11.9 Å². The monoisotopic (exact) mass is 230 g/mol. The van der Waals surface area contributed by atoms with Crippen molar-refractivity contribution in [2.24, 2.45) is 0 Å². The molecule has 0 amide bonds. The Morgan fingerprint density at radius 2 is 2.00 bits per heavy atom. The molecule has 0 spiro atoms. The second-order valence-corrected chi connectivity index (χ2v) is 3.76. The molecule has 0 saturated carbocycles. The summed E-state index contributed by atoms with van der Waals surface area (Å²) < 4.78 is 14.0. The molecule has 2 atom stereocenters. The number of Topliss-reactive ketones (excluding diaryl/α,β-unsaturated/α-hetero) is 1. The number of hydrogen-bond donors (Lipinski definition) is 5. The molecule has 5 N–H and O–H groups in total. The lowest BCUT2D eigenvalue weighted by atomic mass is 10.1. The molecule has 84 valence electrons. The maximum absolute atomic E-state index is 10.6. The van der Waals surface area contributed by atoms with E-state index in [2.05, 4.69) is 4.52 Å². The highest BCUT2D eigenvalue weighted by atomic mass is 31.2. The van der Waals surface area contributed by atoms with Crippen LogP contribution in [0.3, 0.4) is 0 Å². The highest BCUT2D eigenvalue weighted by Crippen LogP contribution is 2.41. The Balaban J connectivity index is 4.80. The van der Waals surface area contributed by atoms with Crippen LogP contribution in [-0.4, -0.2) is 49.4 Å². The molecule has 0 saturated heterocycles. The minimum Gasteiger partial charge on any atom is -0.391 e. The van der Waals surface area contributed by atoms with E-state index in [9.17, 15) is 9.36 Å². The van der Waals surface area contributed by atoms with Gasteiger partial charge in [0.05, 0.1) is 0 Å². The van der Waals surface area contributed by atoms with Gasteiger partial charge in [-0.1, -0.05) is 0 Å². The number of phosphoric ester groups is 1. The Kier molecular flexibility index (Phi) is 4.34. The average Bonchev–Trinajstić information content (AvgIpc) is 1.99. The fraction of sp³-hybridized carbons (Fsp3) is 0.800. The zero-order chi connectivity index (χ0) is 11.6. The summed E-state index contributed by atoms with van der Waals surface area (Å²) in [5, 5.41) is 26.7. The molecule has 9 heteroatoms. The molecular weight excluding hydrogens is 219 g/mol. The average molecular weight is 230 g/mol. The van der Waals surface area contributed by atoms with Gasteiger partial charge in [-0.15, -0.1) is 0 Å². The molecule has 0 aromatic heterocycles. The van der Waals surface area contributed by atoms with Gasteiger partial charge in [0, 0.05) is 0 Å². The Hall–Kier alpha value is -0.340. The number of phosphoric acid groups is 1. The molecule has 0 heterocycles. The van der Waals surface area contributed by atoms with Crippen molar-refractivity contribution in [3.05, 3.63) is 0 Å². The van der Waals surface area contributed by atoms with Crippen molar-refractivity contribution in [2.45, 2.75) is 18.8 Å². The molecule has 0 unspecified atom stereocenters. The number of rotatable bonds is 5. The van der Waals surface area contributed by atoms with Crippen LogP contribution in [0.1, 0.15) is 6.92 Å². The number of aliphatic hydroxyl groups is 3. The van der Waals surface area contributed by atoms with Crippen LogP contribution in [0.5, 0.6) is 0 Å². The van der Waals surface area contributed by atoms with Crippen LogP contribution in [0, 0.1) is 0 Å². The lowest BCUT2D eigenvalue weighted by molar-refractivity contribution is -0.228. The van der Waals surface area contributed by atoms with Gasteiger partial charge in [0.2, 0.25) is 5.79 Å². The van der Waals surface area contributed by atoms with Crippen molar-refractivity contribution in [3.63, 3.8) is 0 Å². The molecule has 0 aromatic rings. The molecule has 0 bridgehead atoms. The van der Waals surface area contributed by atoms with Crippen molar-refractivity contribution < 1.29 is 39.0 Å². The molecule has 0 aliphatic carbocycles. The molecule has 0 aliphatic rings. The summed E-state index contributed by atoms with van der Waals surface area (Å²) in [5.74, 6) is -4.00. The van der Waals surface area contributed by atoms with Crippen LogP contribution in [0.4, 0.5) is 0 Å². The first kappa shape index (κ1) is 13.7. The van der Waals surface area contributed by atoms with Crippen LogP contribution in [0.25, 0.3) is 0 Å². The molecule has 8 nitrogen and oxygen atoms in total. The summed E-state index contributed by atoms with van der Waals surface area (Å²) in [6.45, 7) is -0.479. The van der Waals surface area contributed by atoms with E-state index in [0.29, 0.717) is 0 Å². The molecule has 14 heavy (non-hydrogen) atoms. The van der Waals surface area contributed by atoms with E-state index in [1.165, 1.54) is 0 Å². The zero-order valence-electron chi connectivity index (χ0n) is 7.19. The Bertz CT molecular complexity index is 258. The van der Waals surface area contributed by atoms with E-state index in [4.69, 9.17) is 25.1 Å². The lowest BCUT2D eigenvalue weighted by Gasteiger charge is -2.28. The summed E-state index contributed by atoms with van der Waals surface area (Å²) in [6, 6.07) is 0. The van der Waals surface area contributed by atoms with Crippen LogP contribution < -0.4 is 0 Å². The number of carbonyl (C=O) groups is 1. The maximum atomic E-state index is 10.6. The third-order valence-corrected chi connectivity index (χ3v) is 1.87. The highest BCUT2D eigenvalue weighted by molar-refractivity contribution is 7.46. The van der Waals surface area contributed by atoms with E-state index in [0.717, 1.165) is 6.92 Å². The summed E-state index contributed by atoms with van der Waals surface area (Å²) >= 11 is 0. The minimum absolute atomic E-state index is 0.855. The molecule has 0 fully saturated rings. The largest absolute Gasteiger partial charge is 0.472 e. The van der Waals surface area contributed by atoms with E-state index in [-0.39, 0.29) is 0 Å². The molecule has 0 rings (SSSR count). The van der Waals surface area contributed by atoms with Crippen molar-refractivity contribution in [1.29, 1.82) is 0 Å². The van der Waals surface area contributed by atoms with E-state index in [1.807, 2.05) is 0 Å². The predicted molar refractivity (Wildman–Crippen MR) is 41.9 cm³/mol. The molecule has 0 aliphatic heterocycles. The van der Waals surface area contributed by atoms with Gasteiger partial charge in [-0.3, -0.25) is 4.79 Å². The van der Waals surface area contributed by atoms with Gasteiger partial charge in [0.1, 0.15) is 6.61 Å². The van der Waals surface area contributed by atoms with E-state index in [1.54, 1.807) is 0 Å². The molecule has 0 radical (unpaired) electrons. The Morgan fingerprint density at radius 1 is 1.57 bits per heavy atom. The summed E-state index contributed by atoms with van der Waals surface area (Å²) in [4.78, 5) is 27.2. The van der Waals surface area contributed by atoms with Gasteiger partial charge in [-0.25, -0.2) is 9.09 Å². The summed E-state index contributed by atoms with van der Waals surface area (Å²) in [6.07, 6.45) is -2.24. The number of aliphatic hydroxyl groups excluding tert-OH is 2. The van der Waals surface area contributed by atoms with Gasteiger partial charge >= 0.3 is 7.82 Å². The Labute approximate surface area is 79.0 Å². The smallest absolute Gasteiger partial charge is 0.391 e. The van der Waals surface area contributed by atoms with Gasteiger partial charge in [-0.05, 0) is 6.92 Å². The topological polar surface area (TPSA) is 145 Å². The maximum Gasteiger partial charge on any atom is 0.472 e. The SMILES string of the molecule is CC(=O)[C@H](O)[C@@](O)(CO)OP(=O)(O)O. The zero-order valence-corrected chi connectivity index (χ0v) is 8.09. The van der Waals surface area contributed by atoms with Gasteiger partial charge in [-0.2, -0.15) is 0 Å². The first-order chi connectivity index (χ1) is 6.12. The second-order valence-electron chi connectivity index (χ2n) is 2.60. The number of ketones is 1. The van der Waals surface area contributed by atoms with Crippen molar-refractivity contribution in [1.82, 2.24) is 0 Å². The third-order valence-electron chi connectivity index (χ3n) is 1.32. The van der Waals surface area contributed by atoms with Crippen LogP contribution in [0.2, 0.25) is 0 Å². The first-order valence-electron chi connectivity index (χ1n) is 3.40. The van der Waals surface area contributed by atoms with Crippen molar-refractivity contribution >= 4 is 13.6 Å². The normalized spacial score (nSPS) is 18.7. The van der Waals surface area contributed by atoms with E-state index < -0.39 is 32.1 Å². The second kappa shape index (κ2) is 4.45. The van der Waals surface area contributed by atoms with Crippen LogP contribution in [-0.2, 0) is 13.9 Å². The number of hydrogen-bond acceptors (Lipinski definition) is 6. The molecule has 0 aromatic carbocycles. The quantitative estimate of drug-likeness (QED) is 0.262. The van der Waals surface area contributed by atoms with Gasteiger partial charge < -0.3 is 25.1 Å². The van der Waals surface area contributed by atoms with Crippen molar-refractivity contribution in [3.8, 4) is 0 Å². The van der Waals surface area contributed by atoms with E-state index >= 15 is 0 Å². The van der Waals surface area contributed by atoms with Gasteiger partial charge in [0.25, 0.3) is 0 Å². The summed E-state index contributed by atoms with van der Waals surface area (Å²) in [5.41, 5.74) is 0.